The van der Waals surface area contributed by atoms with Crippen molar-refractivity contribution in [3.63, 3.8) is 0 Å². The standard InChI is InChI=1S/C18H18FNO4/c1-23-18(22)15-4-2-3-5-16(15)24-12-17(21)20-11-10-13-6-8-14(19)9-7-13/h2-9H,10-12H2,1H3,(H,20,21). The van der Waals surface area contributed by atoms with Crippen LogP contribution in [0.25, 0.3) is 0 Å². The Bertz CT molecular complexity index is 700. The van der Waals surface area contributed by atoms with E-state index in [4.69, 9.17) is 4.74 Å². The number of amides is 1. The average Bonchev–Trinajstić information content (AvgIpc) is 2.61. The minimum absolute atomic E-state index is 0.211. The van der Waals surface area contributed by atoms with Gasteiger partial charge in [-0.05, 0) is 36.2 Å². The highest BCUT2D eigenvalue weighted by atomic mass is 19.1. The van der Waals surface area contributed by atoms with Gasteiger partial charge < -0.3 is 14.8 Å². The molecule has 0 spiro atoms. The van der Waals surface area contributed by atoms with Gasteiger partial charge in [0, 0.05) is 6.54 Å². The summed E-state index contributed by atoms with van der Waals surface area (Å²) in [7, 11) is 1.28. The number of methoxy groups -OCH3 is 1. The SMILES string of the molecule is COC(=O)c1ccccc1OCC(=O)NCCc1ccc(F)cc1. The number of carbonyl (C=O) groups excluding carboxylic acids is 2. The largest absolute Gasteiger partial charge is 0.483 e. The monoisotopic (exact) mass is 331 g/mol. The fourth-order valence-corrected chi connectivity index (χ4v) is 2.06. The fourth-order valence-electron chi connectivity index (χ4n) is 2.06. The molecule has 0 radical (unpaired) electrons. The molecular weight excluding hydrogens is 313 g/mol. The van der Waals surface area contributed by atoms with Gasteiger partial charge in [0.2, 0.25) is 0 Å². The summed E-state index contributed by atoms with van der Waals surface area (Å²) in [6.07, 6.45) is 0.588. The van der Waals surface area contributed by atoms with Gasteiger partial charge in [-0.3, -0.25) is 4.79 Å². The van der Waals surface area contributed by atoms with E-state index < -0.39 is 5.97 Å². The summed E-state index contributed by atoms with van der Waals surface area (Å²) in [5.41, 5.74) is 1.19. The van der Waals surface area contributed by atoms with Crippen LogP contribution in [0.3, 0.4) is 0 Å². The molecule has 6 heteroatoms. The third-order valence-corrected chi connectivity index (χ3v) is 3.30. The summed E-state index contributed by atoms with van der Waals surface area (Å²) < 4.78 is 22.8. The van der Waals surface area contributed by atoms with Crippen molar-refractivity contribution in [3.8, 4) is 5.75 Å². The van der Waals surface area contributed by atoms with Crippen LogP contribution in [0, 0.1) is 5.82 Å². The summed E-state index contributed by atoms with van der Waals surface area (Å²) in [5, 5.41) is 2.70. The Labute approximate surface area is 139 Å². The number of hydrogen-bond acceptors (Lipinski definition) is 4. The lowest BCUT2D eigenvalue weighted by Gasteiger charge is -2.10. The second-order valence-corrected chi connectivity index (χ2v) is 5.00. The predicted molar refractivity (Wildman–Crippen MR) is 86.4 cm³/mol. The van der Waals surface area contributed by atoms with Crippen LogP contribution in [0.15, 0.2) is 48.5 Å². The van der Waals surface area contributed by atoms with Crippen LogP contribution in [-0.4, -0.2) is 32.1 Å². The summed E-state index contributed by atoms with van der Waals surface area (Å²) in [5.74, 6) is -0.836. The number of rotatable bonds is 7. The number of para-hydroxylation sites is 1. The highest BCUT2D eigenvalue weighted by molar-refractivity contribution is 5.92. The Balaban J connectivity index is 1.79. The number of ether oxygens (including phenoxy) is 2. The number of nitrogens with one attached hydrogen (secondary N) is 1. The molecule has 2 aromatic rings. The van der Waals surface area contributed by atoms with Gasteiger partial charge in [-0.15, -0.1) is 0 Å². The molecule has 0 saturated heterocycles. The smallest absolute Gasteiger partial charge is 0.341 e. The zero-order valence-electron chi connectivity index (χ0n) is 13.3. The molecular formula is C18H18FNO4. The molecule has 0 aromatic heterocycles. The number of benzene rings is 2. The molecule has 0 bridgehead atoms. The second-order valence-electron chi connectivity index (χ2n) is 5.00. The Morgan fingerprint density at radius 3 is 2.50 bits per heavy atom. The molecule has 24 heavy (non-hydrogen) atoms. The highest BCUT2D eigenvalue weighted by Gasteiger charge is 2.13. The Morgan fingerprint density at radius 2 is 1.79 bits per heavy atom. The van der Waals surface area contributed by atoms with Gasteiger partial charge in [-0.25, -0.2) is 9.18 Å². The summed E-state index contributed by atoms with van der Waals surface area (Å²) >= 11 is 0. The lowest BCUT2D eigenvalue weighted by Crippen LogP contribution is -2.30. The molecule has 0 aliphatic rings. The molecule has 1 amide bonds. The number of esters is 1. The van der Waals surface area contributed by atoms with Crippen LogP contribution in [0.4, 0.5) is 4.39 Å². The zero-order valence-corrected chi connectivity index (χ0v) is 13.3. The van der Waals surface area contributed by atoms with Crippen molar-refractivity contribution in [1.82, 2.24) is 5.32 Å². The van der Waals surface area contributed by atoms with E-state index in [2.05, 4.69) is 10.1 Å². The number of carbonyl (C=O) groups is 2. The molecule has 0 saturated carbocycles. The molecule has 0 heterocycles. The molecule has 1 N–H and O–H groups in total. The third-order valence-electron chi connectivity index (χ3n) is 3.30. The van der Waals surface area contributed by atoms with Crippen molar-refractivity contribution in [1.29, 1.82) is 0 Å². The van der Waals surface area contributed by atoms with E-state index in [1.165, 1.54) is 19.2 Å². The lowest BCUT2D eigenvalue weighted by molar-refractivity contribution is -0.123. The van der Waals surface area contributed by atoms with E-state index in [0.29, 0.717) is 13.0 Å². The van der Waals surface area contributed by atoms with Crippen molar-refractivity contribution in [3.05, 3.63) is 65.5 Å². The third kappa shape index (κ3) is 5.08. The van der Waals surface area contributed by atoms with Crippen molar-refractivity contribution < 1.29 is 23.5 Å². The van der Waals surface area contributed by atoms with Gasteiger partial charge in [0.05, 0.1) is 7.11 Å². The van der Waals surface area contributed by atoms with E-state index >= 15 is 0 Å². The maximum absolute atomic E-state index is 12.8. The van der Waals surface area contributed by atoms with Crippen LogP contribution in [-0.2, 0) is 16.0 Å². The van der Waals surface area contributed by atoms with Crippen molar-refractivity contribution in [2.24, 2.45) is 0 Å². The summed E-state index contributed by atoms with van der Waals surface area (Å²) in [6.45, 7) is 0.198. The topological polar surface area (TPSA) is 64.6 Å². The molecule has 126 valence electrons. The molecule has 0 atom stereocenters. The van der Waals surface area contributed by atoms with E-state index in [0.717, 1.165) is 5.56 Å². The molecule has 2 aromatic carbocycles. The second kappa shape index (κ2) is 8.67. The van der Waals surface area contributed by atoms with E-state index in [-0.39, 0.29) is 29.6 Å². The molecule has 5 nitrogen and oxygen atoms in total. The average molecular weight is 331 g/mol. The molecule has 0 fully saturated rings. The summed E-state index contributed by atoms with van der Waals surface area (Å²) in [6, 6.07) is 12.6. The number of halogens is 1. The first-order valence-electron chi connectivity index (χ1n) is 7.41. The summed E-state index contributed by atoms with van der Waals surface area (Å²) in [4.78, 5) is 23.4. The minimum Gasteiger partial charge on any atom is -0.483 e. The molecule has 0 aliphatic carbocycles. The Morgan fingerprint density at radius 1 is 1.08 bits per heavy atom. The van der Waals surface area contributed by atoms with E-state index in [1.54, 1.807) is 36.4 Å². The van der Waals surface area contributed by atoms with Crippen molar-refractivity contribution in [2.45, 2.75) is 6.42 Å². The number of hydrogen-bond donors (Lipinski definition) is 1. The maximum atomic E-state index is 12.8. The van der Waals surface area contributed by atoms with Crippen molar-refractivity contribution >= 4 is 11.9 Å². The highest BCUT2D eigenvalue weighted by Crippen LogP contribution is 2.18. The van der Waals surface area contributed by atoms with Crippen LogP contribution in [0.5, 0.6) is 5.75 Å². The first kappa shape index (κ1) is 17.5. The molecule has 2 rings (SSSR count). The predicted octanol–water partition coefficient (Wildman–Crippen LogP) is 2.35. The van der Waals surface area contributed by atoms with Crippen LogP contribution < -0.4 is 10.1 Å². The maximum Gasteiger partial charge on any atom is 0.341 e. The molecule has 0 aliphatic heterocycles. The zero-order chi connectivity index (χ0) is 17.4. The van der Waals surface area contributed by atoms with Gasteiger partial charge in [-0.1, -0.05) is 24.3 Å². The van der Waals surface area contributed by atoms with E-state index in [9.17, 15) is 14.0 Å². The Hall–Kier alpha value is -2.89. The first-order valence-corrected chi connectivity index (χ1v) is 7.41. The van der Waals surface area contributed by atoms with Gasteiger partial charge in [0.1, 0.15) is 17.1 Å². The Kier molecular flexibility index (Phi) is 6.31. The quantitative estimate of drug-likeness (QED) is 0.791. The lowest BCUT2D eigenvalue weighted by atomic mass is 10.1. The van der Waals surface area contributed by atoms with Gasteiger partial charge in [0.15, 0.2) is 6.61 Å². The van der Waals surface area contributed by atoms with Gasteiger partial charge in [0.25, 0.3) is 5.91 Å². The normalized spacial score (nSPS) is 10.1. The van der Waals surface area contributed by atoms with E-state index in [1.807, 2.05) is 0 Å². The minimum atomic E-state index is -0.526. The van der Waals surface area contributed by atoms with Crippen molar-refractivity contribution in [2.75, 3.05) is 20.3 Å². The van der Waals surface area contributed by atoms with Crippen LogP contribution in [0.1, 0.15) is 15.9 Å². The van der Waals surface area contributed by atoms with Crippen LogP contribution in [0.2, 0.25) is 0 Å². The fraction of sp³-hybridized carbons (Fsp3) is 0.222. The van der Waals surface area contributed by atoms with Gasteiger partial charge >= 0.3 is 5.97 Å². The first-order chi connectivity index (χ1) is 11.6. The molecule has 0 unspecified atom stereocenters. The van der Waals surface area contributed by atoms with Crippen LogP contribution >= 0.6 is 0 Å². The van der Waals surface area contributed by atoms with Gasteiger partial charge in [-0.2, -0.15) is 0 Å².